The van der Waals surface area contributed by atoms with Gasteiger partial charge in [-0.25, -0.2) is 4.39 Å². The van der Waals surface area contributed by atoms with E-state index in [0.29, 0.717) is 6.54 Å². The highest BCUT2D eigenvalue weighted by molar-refractivity contribution is 5.94. The normalized spacial score (nSPS) is 15.8. The first-order valence-electron chi connectivity index (χ1n) is 6.71. The van der Waals surface area contributed by atoms with E-state index in [2.05, 4.69) is 23.2 Å². The molecule has 1 amide bonds. The minimum absolute atomic E-state index is 0.0443. The van der Waals surface area contributed by atoms with Gasteiger partial charge in [0, 0.05) is 32.2 Å². The Morgan fingerprint density at radius 1 is 1.50 bits per heavy atom. The van der Waals surface area contributed by atoms with Gasteiger partial charge in [-0.1, -0.05) is 11.6 Å². The number of rotatable bonds is 4. The molecule has 0 fully saturated rings. The van der Waals surface area contributed by atoms with Gasteiger partial charge in [0.05, 0.1) is 5.56 Å². The molecule has 108 valence electrons. The van der Waals surface area contributed by atoms with Crippen molar-refractivity contribution in [2.45, 2.75) is 13.3 Å². The van der Waals surface area contributed by atoms with Crippen LogP contribution in [0.1, 0.15) is 23.7 Å². The van der Waals surface area contributed by atoms with Crippen LogP contribution in [0.2, 0.25) is 0 Å². The number of benzene rings is 1. The SMILES string of the molecule is CC1=CCN(CCNC(=O)c2ccc(O)cc2F)CC1. The Labute approximate surface area is 117 Å². The number of halogens is 1. The number of hydrogen-bond acceptors (Lipinski definition) is 3. The molecule has 1 aliphatic rings. The van der Waals surface area contributed by atoms with E-state index in [1.807, 2.05) is 0 Å². The maximum absolute atomic E-state index is 13.5. The van der Waals surface area contributed by atoms with Crippen LogP contribution >= 0.6 is 0 Å². The number of amides is 1. The van der Waals surface area contributed by atoms with Gasteiger partial charge in [0.1, 0.15) is 11.6 Å². The van der Waals surface area contributed by atoms with E-state index in [-0.39, 0.29) is 11.3 Å². The summed E-state index contributed by atoms with van der Waals surface area (Å²) < 4.78 is 13.5. The third-order valence-corrected chi connectivity index (χ3v) is 3.43. The van der Waals surface area contributed by atoms with Crippen molar-refractivity contribution in [3.63, 3.8) is 0 Å². The minimum Gasteiger partial charge on any atom is -0.508 e. The van der Waals surface area contributed by atoms with Crippen molar-refractivity contribution in [2.24, 2.45) is 0 Å². The molecule has 0 saturated carbocycles. The quantitative estimate of drug-likeness (QED) is 0.827. The van der Waals surface area contributed by atoms with Crippen LogP contribution in [0.25, 0.3) is 0 Å². The van der Waals surface area contributed by atoms with Gasteiger partial charge in [-0.3, -0.25) is 9.69 Å². The summed E-state index contributed by atoms with van der Waals surface area (Å²) in [6.45, 7) is 5.23. The van der Waals surface area contributed by atoms with Gasteiger partial charge in [0.25, 0.3) is 5.91 Å². The second kappa shape index (κ2) is 6.52. The Hall–Kier alpha value is -1.88. The van der Waals surface area contributed by atoms with Crippen LogP contribution < -0.4 is 5.32 Å². The molecule has 0 spiro atoms. The molecule has 1 aliphatic heterocycles. The third kappa shape index (κ3) is 3.81. The van der Waals surface area contributed by atoms with Gasteiger partial charge in [-0.05, 0) is 25.5 Å². The summed E-state index contributed by atoms with van der Waals surface area (Å²) in [6.07, 6.45) is 3.24. The number of nitrogens with zero attached hydrogens (tertiary/aromatic N) is 1. The topological polar surface area (TPSA) is 52.6 Å². The van der Waals surface area contributed by atoms with Crippen molar-refractivity contribution in [3.05, 3.63) is 41.2 Å². The first-order valence-corrected chi connectivity index (χ1v) is 6.71. The van der Waals surface area contributed by atoms with Gasteiger partial charge < -0.3 is 10.4 Å². The zero-order valence-electron chi connectivity index (χ0n) is 11.5. The van der Waals surface area contributed by atoms with Crippen LogP contribution in [0.4, 0.5) is 4.39 Å². The smallest absolute Gasteiger partial charge is 0.254 e. The Kier molecular flexibility index (Phi) is 4.74. The maximum Gasteiger partial charge on any atom is 0.254 e. The van der Waals surface area contributed by atoms with Crippen molar-refractivity contribution in [3.8, 4) is 5.75 Å². The molecule has 4 nitrogen and oxygen atoms in total. The minimum atomic E-state index is -0.709. The molecule has 0 unspecified atom stereocenters. The zero-order valence-corrected chi connectivity index (χ0v) is 11.5. The monoisotopic (exact) mass is 278 g/mol. The highest BCUT2D eigenvalue weighted by Gasteiger charge is 2.13. The molecule has 0 aliphatic carbocycles. The summed E-state index contributed by atoms with van der Waals surface area (Å²) in [5, 5.41) is 11.8. The molecule has 0 saturated heterocycles. The van der Waals surface area contributed by atoms with E-state index in [4.69, 9.17) is 5.11 Å². The lowest BCUT2D eigenvalue weighted by atomic mass is 10.1. The van der Waals surface area contributed by atoms with Gasteiger partial charge >= 0.3 is 0 Å². The number of phenols is 1. The lowest BCUT2D eigenvalue weighted by Crippen LogP contribution is -2.37. The number of nitrogens with one attached hydrogen (secondary N) is 1. The standard InChI is InChI=1S/C15H19FN2O2/c1-11-4-7-18(8-5-11)9-6-17-15(20)13-3-2-12(19)10-14(13)16/h2-4,10,19H,5-9H2,1H3,(H,17,20). The molecule has 0 radical (unpaired) electrons. The van der Waals surface area contributed by atoms with Crippen molar-refractivity contribution < 1.29 is 14.3 Å². The molecule has 1 aromatic rings. The van der Waals surface area contributed by atoms with E-state index in [1.165, 1.54) is 17.7 Å². The molecular formula is C15H19FN2O2. The lowest BCUT2D eigenvalue weighted by Gasteiger charge is -2.25. The van der Waals surface area contributed by atoms with E-state index >= 15 is 0 Å². The average Bonchev–Trinajstić information content (AvgIpc) is 2.41. The number of carbonyl (C=O) groups is 1. The van der Waals surface area contributed by atoms with Crippen LogP contribution in [0.5, 0.6) is 5.75 Å². The van der Waals surface area contributed by atoms with Crippen LogP contribution in [0, 0.1) is 5.82 Å². The molecule has 0 atom stereocenters. The van der Waals surface area contributed by atoms with E-state index < -0.39 is 11.7 Å². The van der Waals surface area contributed by atoms with Crippen LogP contribution in [-0.4, -0.2) is 42.1 Å². The Morgan fingerprint density at radius 2 is 2.30 bits per heavy atom. The first kappa shape index (κ1) is 14.5. The summed E-state index contributed by atoms with van der Waals surface area (Å²) in [5.74, 6) is -1.35. The van der Waals surface area contributed by atoms with Gasteiger partial charge in [0.15, 0.2) is 0 Å². The van der Waals surface area contributed by atoms with Gasteiger partial charge in [-0.15, -0.1) is 0 Å². The van der Waals surface area contributed by atoms with Crippen molar-refractivity contribution in [1.82, 2.24) is 10.2 Å². The summed E-state index contributed by atoms with van der Waals surface area (Å²) in [5.41, 5.74) is 1.36. The Bertz CT molecular complexity index is 529. The Morgan fingerprint density at radius 3 is 2.95 bits per heavy atom. The second-order valence-corrected chi connectivity index (χ2v) is 5.02. The van der Waals surface area contributed by atoms with E-state index in [0.717, 1.165) is 32.1 Å². The summed E-state index contributed by atoms with van der Waals surface area (Å²) >= 11 is 0. The lowest BCUT2D eigenvalue weighted by molar-refractivity contribution is 0.0944. The molecule has 1 heterocycles. The molecule has 0 aromatic heterocycles. The molecule has 1 aromatic carbocycles. The van der Waals surface area contributed by atoms with Crippen LogP contribution in [0.3, 0.4) is 0 Å². The Balaban J connectivity index is 1.81. The molecule has 20 heavy (non-hydrogen) atoms. The predicted octanol–water partition coefficient (Wildman–Crippen LogP) is 1.91. The predicted molar refractivity (Wildman–Crippen MR) is 75.2 cm³/mol. The van der Waals surface area contributed by atoms with Gasteiger partial charge in [0.2, 0.25) is 0 Å². The highest BCUT2D eigenvalue weighted by atomic mass is 19.1. The number of phenolic OH excluding ortho intramolecular Hbond substituents is 1. The highest BCUT2D eigenvalue weighted by Crippen LogP contribution is 2.14. The van der Waals surface area contributed by atoms with E-state index in [9.17, 15) is 9.18 Å². The molecule has 2 N–H and O–H groups in total. The second-order valence-electron chi connectivity index (χ2n) is 5.02. The van der Waals surface area contributed by atoms with Crippen molar-refractivity contribution >= 4 is 5.91 Å². The number of carbonyl (C=O) groups excluding carboxylic acids is 1. The van der Waals surface area contributed by atoms with Crippen molar-refractivity contribution in [1.29, 1.82) is 0 Å². The third-order valence-electron chi connectivity index (χ3n) is 3.43. The van der Waals surface area contributed by atoms with E-state index in [1.54, 1.807) is 0 Å². The summed E-state index contributed by atoms with van der Waals surface area (Å²) in [6, 6.07) is 3.52. The molecule has 0 bridgehead atoms. The molecule has 5 heteroatoms. The van der Waals surface area contributed by atoms with Crippen LogP contribution in [0.15, 0.2) is 29.8 Å². The average molecular weight is 278 g/mol. The number of hydrogen-bond donors (Lipinski definition) is 2. The zero-order chi connectivity index (χ0) is 14.5. The molecular weight excluding hydrogens is 259 g/mol. The summed E-state index contributed by atoms with van der Waals surface area (Å²) in [4.78, 5) is 14.0. The fourth-order valence-corrected chi connectivity index (χ4v) is 2.13. The fraction of sp³-hybridized carbons (Fsp3) is 0.400. The summed E-state index contributed by atoms with van der Waals surface area (Å²) in [7, 11) is 0. The van der Waals surface area contributed by atoms with Gasteiger partial charge in [-0.2, -0.15) is 0 Å². The van der Waals surface area contributed by atoms with Crippen LogP contribution in [-0.2, 0) is 0 Å². The number of aromatic hydroxyl groups is 1. The largest absolute Gasteiger partial charge is 0.508 e. The maximum atomic E-state index is 13.5. The van der Waals surface area contributed by atoms with Crippen molar-refractivity contribution in [2.75, 3.05) is 26.2 Å². The first-order chi connectivity index (χ1) is 9.56. The molecule has 2 rings (SSSR count). The fourth-order valence-electron chi connectivity index (χ4n) is 2.13.